The van der Waals surface area contributed by atoms with Crippen molar-refractivity contribution in [3.63, 3.8) is 0 Å². The summed E-state index contributed by atoms with van der Waals surface area (Å²) in [5.74, 6) is 6.31. The van der Waals surface area contributed by atoms with Crippen molar-refractivity contribution in [1.29, 1.82) is 0 Å². The summed E-state index contributed by atoms with van der Waals surface area (Å²) in [7, 11) is 0. The Morgan fingerprint density at radius 3 is 2.75 bits per heavy atom. The summed E-state index contributed by atoms with van der Waals surface area (Å²) in [4.78, 5) is 26.3. The van der Waals surface area contributed by atoms with Crippen LogP contribution in [0.5, 0.6) is 0 Å². The number of nitrogens with zero attached hydrogens (tertiary/aromatic N) is 3. The molecule has 0 aliphatic heterocycles. The lowest BCUT2D eigenvalue weighted by Crippen LogP contribution is -2.14. The molecule has 0 unspecified atom stereocenters. The van der Waals surface area contributed by atoms with Crippen LogP contribution < -0.4 is 22.6 Å². The Balaban J connectivity index is 2.45. The maximum Gasteiger partial charge on any atom is 0.253 e. The Bertz CT molecular complexity index is 670. The van der Waals surface area contributed by atoms with E-state index in [4.69, 9.17) is 11.6 Å². The topological polar surface area (TPSA) is 136 Å². The molecule has 0 atom stereocenters. The highest BCUT2D eigenvalue weighted by atomic mass is 32.2. The van der Waals surface area contributed by atoms with Crippen molar-refractivity contribution < 1.29 is 0 Å². The number of nitrogens with two attached hydrogens (primary N) is 2. The zero-order valence-corrected chi connectivity index (χ0v) is 11.9. The highest BCUT2D eigenvalue weighted by Crippen LogP contribution is 2.33. The third kappa shape index (κ3) is 3.06. The van der Waals surface area contributed by atoms with Gasteiger partial charge in [-0.15, -0.1) is 0 Å². The van der Waals surface area contributed by atoms with Gasteiger partial charge in [0.2, 0.25) is 0 Å². The van der Waals surface area contributed by atoms with Crippen LogP contribution in [0.25, 0.3) is 0 Å². The molecule has 0 spiro atoms. The Morgan fingerprint density at radius 1 is 1.40 bits per heavy atom. The Kier molecular flexibility index (Phi) is 4.20. The first kappa shape index (κ1) is 14.3. The number of anilines is 2. The molecule has 2 rings (SSSR count). The maximum atomic E-state index is 11.4. The molecule has 0 amide bonds. The molecule has 0 aromatic carbocycles. The molecule has 2 heterocycles. The molecule has 6 N–H and O–H groups in total. The minimum atomic E-state index is -0.308. The smallest absolute Gasteiger partial charge is 0.253 e. The van der Waals surface area contributed by atoms with E-state index in [1.807, 2.05) is 13.8 Å². The number of hydrazine groups is 1. The number of hydrogen-bond acceptors (Lipinski definition) is 8. The molecular formula is C11H15N7OS. The van der Waals surface area contributed by atoms with Crippen LogP contribution in [0.4, 0.5) is 11.6 Å². The number of aromatic nitrogens is 4. The average molecular weight is 293 g/mol. The van der Waals surface area contributed by atoms with Gasteiger partial charge in [-0.3, -0.25) is 4.79 Å². The standard InChI is InChI=1S/C11H15N7OS/c1-5(2)8-9(18-13)14-4-15-10(8)20-11-16-6(12)3-7(19)17-11/h3-5H,13H2,1-2H3,(H,14,15,18)(H3,12,16,17,19). The molecule has 20 heavy (non-hydrogen) atoms. The van der Waals surface area contributed by atoms with E-state index in [9.17, 15) is 4.79 Å². The summed E-state index contributed by atoms with van der Waals surface area (Å²) in [6, 6.07) is 1.22. The quantitative estimate of drug-likeness (QED) is 0.280. The third-order valence-corrected chi connectivity index (χ3v) is 3.40. The zero-order chi connectivity index (χ0) is 14.7. The van der Waals surface area contributed by atoms with Crippen LogP contribution in [-0.2, 0) is 0 Å². The summed E-state index contributed by atoms with van der Waals surface area (Å²) < 4.78 is 0. The molecule has 0 aliphatic rings. The second kappa shape index (κ2) is 5.88. The molecule has 0 saturated carbocycles. The molecule has 2 aromatic rings. The summed E-state index contributed by atoms with van der Waals surface area (Å²) in [6.45, 7) is 4.00. The Hall–Kier alpha value is -2.13. The first-order valence-electron chi connectivity index (χ1n) is 5.87. The van der Waals surface area contributed by atoms with Gasteiger partial charge in [-0.25, -0.2) is 20.8 Å². The van der Waals surface area contributed by atoms with Gasteiger partial charge in [0.1, 0.15) is 23.0 Å². The van der Waals surface area contributed by atoms with Crippen molar-refractivity contribution in [1.82, 2.24) is 19.9 Å². The lowest BCUT2D eigenvalue weighted by Gasteiger charge is -2.14. The largest absolute Gasteiger partial charge is 0.383 e. The number of rotatable bonds is 4. The monoisotopic (exact) mass is 293 g/mol. The molecule has 0 aliphatic carbocycles. The van der Waals surface area contributed by atoms with Crippen LogP contribution in [0.15, 0.2) is 27.4 Å². The fourth-order valence-corrected chi connectivity index (χ4v) is 2.72. The van der Waals surface area contributed by atoms with Gasteiger partial charge in [0, 0.05) is 11.6 Å². The molecule has 0 saturated heterocycles. The summed E-state index contributed by atoms with van der Waals surface area (Å²) >= 11 is 1.21. The first-order chi connectivity index (χ1) is 9.51. The van der Waals surface area contributed by atoms with Crippen molar-refractivity contribution in [3.8, 4) is 0 Å². The van der Waals surface area contributed by atoms with E-state index < -0.39 is 0 Å². The summed E-state index contributed by atoms with van der Waals surface area (Å²) in [6.07, 6.45) is 1.40. The first-order valence-corrected chi connectivity index (χ1v) is 6.69. The summed E-state index contributed by atoms with van der Waals surface area (Å²) in [5, 5.41) is 1.04. The molecular weight excluding hydrogens is 278 g/mol. The molecule has 0 bridgehead atoms. The average Bonchev–Trinajstić information content (AvgIpc) is 2.36. The van der Waals surface area contributed by atoms with Gasteiger partial charge in [-0.2, -0.15) is 0 Å². The molecule has 0 radical (unpaired) electrons. The Morgan fingerprint density at radius 2 is 2.15 bits per heavy atom. The van der Waals surface area contributed by atoms with E-state index >= 15 is 0 Å². The fourth-order valence-electron chi connectivity index (χ4n) is 1.69. The van der Waals surface area contributed by atoms with Crippen LogP contribution in [0.2, 0.25) is 0 Å². The van der Waals surface area contributed by atoms with E-state index in [1.54, 1.807) is 0 Å². The van der Waals surface area contributed by atoms with E-state index in [0.717, 1.165) is 5.56 Å². The van der Waals surface area contributed by atoms with Crippen LogP contribution >= 0.6 is 11.8 Å². The lowest BCUT2D eigenvalue weighted by atomic mass is 10.1. The molecule has 9 heteroatoms. The fraction of sp³-hybridized carbons (Fsp3) is 0.273. The lowest BCUT2D eigenvalue weighted by molar-refractivity contribution is 0.801. The predicted octanol–water partition coefficient (Wildman–Crippen LogP) is 0.702. The van der Waals surface area contributed by atoms with Crippen LogP contribution in [0, 0.1) is 0 Å². The summed E-state index contributed by atoms with van der Waals surface area (Å²) in [5.41, 5.74) is 8.65. The number of aromatic amines is 1. The number of H-pyrrole nitrogens is 1. The second-order valence-corrected chi connectivity index (χ2v) is 5.30. The second-order valence-electron chi connectivity index (χ2n) is 4.32. The van der Waals surface area contributed by atoms with Gasteiger partial charge in [-0.05, 0) is 17.7 Å². The third-order valence-electron chi connectivity index (χ3n) is 2.49. The van der Waals surface area contributed by atoms with Crippen molar-refractivity contribution in [2.24, 2.45) is 5.84 Å². The van der Waals surface area contributed by atoms with Gasteiger partial charge in [0.25, 0.3) is 5.56 Å². The highest BCUT2D eigenvalue weighted by Gasteiger charge is 2.16. The van der Waals surface area contributed by atoms with Gasteiger partial charge in [-0.1, -0.05) is 13.8 Å². The normalized spacial score (nSPS) is 10.8. The SMILES string of the molecule is CC(C)c1c(NN)ncnc1Sc1nc(N)cc(=O)[nH]1. The minimum Gasteiger partial charge on any atom is -0.383 e. The van der Waals surface area contributed by atoms with Gasteiger partial charge >= 0.3 is 0 Å². The van der Waals surface area contributed by atoms with Crippen molar-refractivity contribution in [3.05, 3.63) is 28.3 Å². The highest BCUT2D eigenvalue weighted by molar-refractivity contribution is 7.99. The van der Waals surface area contributed by atoms with Gasteiger partial charge < -0.3 is 16.1 Å². The van der Waals surface area contributed by atoms with E-state index in [0.29, 0.717) is 16.0 Å². The minimum absolute atomic E-state index is 0.150. The van der Waals surface area contributed by atoms with Crippen molar-refractivity contribution in [2.75, 3.05) is 11.2 Å². The molecule has 8 nitrogen and oxygen atoms in total. The van der Waals surface area contributed by atoms with Gasteiger partial charge in [0.15, 0.2) is 5.16 Å². The zero-order valence-electron chi connectivity index (χ0n) is 11.0. The van der Waals surface area contributed by atoms with Crippen LogP contribution in [0.3, 0.4) is 0 Å². The van der Waals surface area contributed by atoms with E-state index in [-0.39, 0.29) is 17.3 Å². The molecule has 2 aromatic heterocycles. The van der Waals surface area contributed by atoms with Crippen molar-refractivity contribution >= 4 is 23.4 Å². The van der Waals surface area contributed by atoms with Crippen molar-refractivity contribution in [2.45, 2.75) is 29.9 Å². The van der Waals surface area contributed by atoms with Crippen LogP contribution in [-0.4, -0.2) is 19.9 Å². The molecule has 0 fully saturated rings. The van der Waals surface area contributed by atoms with Crippen LogP contribution in [0.1, 0.15) is 25.3 Å². The number of nitrogens with one attached hydrogen (secondary N) is 2. The van der Waals surface area contributed by atoms with E-state index in [1.165, 1.54) is 24.2 Å². The Labute approximate surface area is 119 Å². The number of hydrogen-bond donors (Lipinski definition) is 4. The number of nitrogen functional groups attached to an aromatic ring is 2. The van der Waals surface area contributed by atoms with E-state index in [2.05, 4.69) is 25.4 Å². The maximum absolute atomic E-state index is 11.4. The van der Waals surface area contributed by atoms with Gasteiger partial charge in [0.05, 0.1) is 0 Å². The molecule has 106 valence electrons. The predicted molar refractivity (Wildman–Crippen MR) is 77.3 cm³/mol.